The van der Waals surface area contributed by atoms with Crippen molar-refractivity contribution < 1.29 is 4.79 Å². The number of amidine groups is 1. The third-order valence-electron chi connectivity index (χ3n) is 5.63. The first-order chi connectivity index (χ1) is 11.1. The average Bonchev–Trinajstić information content (AvgIpc) is 2.98. The molecular formula is C18H24N4O. The predicted octanol–water partition coefficient (Wildman–Crippen LogP) is 1.82. The Morgan fingerprint density at radius 1 is 1.13 bits per heavy atom. The van der Waals surface area contributed by atoms with Gasteiger partial charge in [-0.15, -0.1) is 0 Å². The van der Waals surface area contributed by atoms with E-state index in [0.717, 1.165) is 42.0 Å². The van der Waals surface area contributed by atoms with Crippen molar-refractivity contribution in [1.82, 2.24) is 4.90 Å². The molecule has 5 nitrogen and oxygen atoms in total. The number of likely N-dealkylation sites (tertiary alicyclic amines) is 1. The summed E-state index contributed by atoms with van der Waals surface area (Å²) >= 11 is 0. The zero-order valence-corrected chi connectivity index (χ0v) is 13.6. The SMILES string of the molecule is CN1C(=O)C(N)N=C(N2C[C@H]3CCCC[C@H]3C2)c2ccccc21. The number of nitrogens with two attached hydrogens (primary N) is 1. The van der Waals surface area contributed by atoms with E-state index in [1.54, 1.807) is 11.9 Å². The standard InChI is InChI=1S/C18H24N4O/c1-21-15-9-5-4-8-14(15)17(20-16(19)18(21)23)22-10-12-6-2-3-7-13(12)11-22/h4-5,8-9,12-13,16H,2-3,6-7,10-11,19H2,1H3/t12-,13+,16?. The molecule has 2 aliphatic heterocycles. The van der Waals surface area contributed by atoms with Crippen molar-refractivity contribution in [2.45, 2.75) is 31.8 Å². The van der Waals surface area contributed by atoms with Gasteiger partial charge >= 0.3 is 0 Å². The lowest BCUT2D eigenvalue weighted by atomic mass is 9.82. The molecule has 1 amide bonds. The third-order valence-corrected chi connectivity index (χ3v) is 5.63. The number of fused-ring (bicyclic) bond motifs is 2. The largest absolute Gasteiger partial charge is 0.356 e. The predicted molar refractivity (Wildman–Crippen MR) is 91.4 cm³/mol. The van der Waals surface area contributed by atoms with Gasteiger partial charge in [0.05, 0.1) is 5.69 Å². The second-order valence-corrected chi connectivity index (χ2v) is 7.02. The fraction of sp³-hybridized carbons (Fsp3) is 0.556. The van der Waals surface area contributed by atoms with E-state index < -0.39 is 6.17 Å². The van der Waals surface area contributed by atoms with E-state index in [9.17, 15) is 4.79 Å². The molecule has 3 aliphatic rings. The van der Waals surface area contributed by atoms with Crippen molar-refractivity contribution in [3.05, 3.63) is 29.8 Å². The molecule has 0 spiro atoms. The van der Waals surface area contributed by atoms with Crippen molar-refractivity contribution >= 4 is 17.4 Å². The Labute approximate surface area is 137 Å². The normalized spacial score (nSPS) is 30.6. The number of likely N-dealkylation sites (N-methyl/N-ethyl adjacent to an activating group) is 1. The van der Waals surface area contributed by atoms with Crippen molar-refractivity contribution in [3.63, 3.8) is 0 Å². The molecule has 122 valence electrons. The van der Waals surface area contributed by atoms with Gasteiger partial charge < -0.3 is 15.5 Å². The van der Waals surface area contributed by atoms with Crippen molar-refractivity contribution in [2.75, 3.05) is 25.0 Å². The van der Waals surface area contributed by atoms with E-state index in [1.165, 1.54) is 25.7 Å². The molecule has 1 aliphatic carbocycles. The molecule has 0 bridgehead atoms. The van der Waals surface area contributed by atoms with E-state index >= 15 is 0 Å². The molecule has 1 saturated carbocycles. The molecule has 5 heteroatoms. The van der Waals surface area contributed by atoms with Crippen LogP contribution < -0.4 is 10.6 Å². The molecule has 23 heavy (non-hydrogen) atoms. The van der Waals surface area contributed by atoms with Gasteiger partial charge in [-0.25, -0.2) is 4.99 Å². The van der Waals surface area contributed by atoms with Crippen LogP contribution in [-0.2, 0) is 4.79 Å². The molecule has 1 unspecified atom stereocenters. The Morgan fingerprint density at radius 3 is 2.48 bits per heavy atom. The summed E-state index contributed by atoms with van der Waals surface area (Å²) in [5.41, 5.74) is 7.97. The van der Waals surface area contributed by atoms with Gasteiger partial charge in [0.25, 0.3) is 5.91 Å². The summed E-state index contributed by atoms with van der Waals surface area (Å²) < 4.78 is 0. The lowest BCUT2D eigenvalue weighted by Gasteiger charge is -2.23. The van der Waals surface area contributed by atoms with Crippen LogP contribution in [0.3, 0.4) is 0 Å². The number of nitrogens with zero attached hydrogens (tertiary/aromatic N) is 3. The number of para-hydroxylation sites is 1. The van der Waals surface area contributed by atoms with Crippen molar-refractivity contribution in [3.8, 4) is 0 Å². The third kappa shape index (κ3) is 2.43. The molecule has 4 rings (SSSR count). The molecule has 0 radical (unpaired) electrons. The fourth-order valence-corrected chi connectivity index (χ4v) is 4.36. The Hall–Kier alpha value is -1.88. The Balaban J connectivity index is 1.73. The topological polar surface area (TPSA) is 61.9 Å². The minimum absolute atomic E-state index is 0.149. The molecule has 1 aromatic rings. The Kier molecular flexibility index (Phi) is 3.60. The second kappa shape index (κ2) is 5.64. The summed E-state index contributed by atoms with van der Waals surface area (Å²) in [4.78, 5) is 21.0. The number of carbonyl (C=O) groups is 1. The smallest absolute Gasteiger partial charge is 0.266 e. The second-order valence-electron chi connectivity index (χ2n) is 7.02. The molecule has 3 atom stereocenters. The number of hydrogen-bond acceptors (Lipinski definition) is 4. The van der Waals surface area contributed by atoms with Crippen LogP contribution in [-0.4, -0.2) is 42.9 Å². The average molecular weight is 312 g/mol. The van der Waals surface area contributed by atoms with Gasteiger partial charge in [-0.1, -0.05) is 25.0 Å². The maximum absolute atomic E-state index is 12.4. The Morgan fingerprint density at radius 2 is 1.78 bits per heavy atom. The summed E-state index contributed by atoms with van der Waals surface area (Å²) in [5.74, 6) is 2.29. The van der Waals surface area contributed by atoms with Crippen LogP contribution in [0.1, 0.15) is 31.2 Å². The van der Waals surface area contributed by atoms with Crippen LogP contribution in [0.4, 0.5) is 5.69 Å². The zero-order valence-electron chi connectivity index (χ0n) is 13.6. The minimum atomic E-state index is -0.815. The van der Waals surface area contributed by atoms with Gasteiger partial charge in [-0.2, -0.15) is 0 Å². The summed E-state index contributed by atoms with van der Waals surface area (Å²) in [6, 6.07) is 8.00. The maximum Gasteiger partial charge on any atom is 0.266 e. The zero-order chi connectivity index (χ0) is 16.0. The molecule has 2 fully saturated rings. The Bertz CT molecular complexity index is 642. The monoisotopic (exact) mass is 312 g/mol. The highest BCUT2D eigenvalue weighted by molar-refractivity contribution is 6.11. The van der Waals surface area contributed by atoms with E-state index in [-0.39, 0.29) is 5.91 Å². The first-order valence-corrected chi connectivity index (χ1v) is 8.60. The molecule has 0 aromatic heterocycles. The fourth-order valence-electron chi connectivity index (χ4n) is 4.36. The minimum Gasteiger partial charge on any atom is -0.356 e. The van der Waals surface area contributed by atoms with E-state index in [1.807, 2.05) is 18.2 Å². The number of benzene rings is 1. The van der Waals surface area contributed by atoms with Crippen LogP contribution in [0, 0.1) is 11.8 Å². The van der Waals surface area contributed by atoms with Crippen LogP contribution in [0.25, 0.3) is 0 Å². The van der Waals surface area contributed by atoms with Gasteiger partial charge in [0.1, 0.15) is 5.84 Å². The number of aliphatic imine (C=N–C) groups is 1. The van der Waals surface area contributed by atoms with Crippen LogP contribution in [0.2, 0.25) is 0 Å². The number of amides is 1. The number of carbonyl (C=O) groups excluding carboxylic acids is 1. The quantitative estimate of drug-likeness (QED) is 0.795. The highest BCUT2D eigenvalue weighted by atomic mass is 16.2. The number of hydrogen-bond donors (Lipinski definition) is 1. The summed E-state index contributed by atoms with van der Waals surface area (Å²) in [7, 11) is 1.78. The summed E-state index contributed by atoms with van der Waals surface area (Å²) in [6.07, 6.45) is 4.52. The first-order valence-electron chi connectivity index (χ1n) is 8.60. The highest BCUT2D eigenvalue weighted by Gasteiger charge is 2.38. The number of benzodiazepines with no additional fused rings is 1. The molecule has 1 aromatic carbocycles. The number of anilines is 1. The number of rotatable bonds is 0. The highest BCUT2D eigenvalue weighted by Crippen LogP contribution is 2.37. The van der Waals surface area contributed by atoms with Gasteiger partial charge in [0.2, 0.25) is 0 Å². The molecular weight excluding hydrogens is 288 g/mol. The van der Waals surface area contributed by atoms with Crippen molar-refractivity contribution in [2.24, 2.45) is 22.6 Å². The van der Waals surface area contributed by atoms with Gasteiger partial charge in [-0.3, -0.25) is 4.79 Å². The lowest BCUT2D eigenvalue weighted by Crippen LogP contribution is -2.40. The van der Waals surface area contributed by atoms with Crippen molar-refractivity contribution in [1.29, 1.82) is 0 Å². The lowest BCUT2D eigenvalue weighted by molar-refractivity contribution is -0.119. The molecule has 2 heterocycles. The van der Waals surface area contributed by atoms with E-state index in [0.29, 0.717) is 0 Å². The van der Waals surface area contributed by atoms with Crippen LogP contribution in [0.15, 0.2) is 29.3 Å². The van der Waals surface area contributed by atoms with Gasteiger partial charge in [0, 0.05) is 25.7 Å². The summed E-state index contributed by atoms with van der Waals surface area (Å²) in [6.45, 7) is 2.09. The van der Waals surface area contributed by atoms with E-state index in [2.05, 4.69) is 16.0 Å². The van der Waals surface area contributed by atoms with Crippen LogP contribution in [0.5, 0.6) is 0 Å². The van der Waals surface area contributed by atoms with Gasteiger partial charge in [-0.05, 0) is 36.8 Å². The maximum atomic E-state index is 12.4. The van der Waals surface area contributed by atoms with Crippen LogP contribution >= 0.6 is 0 Å². The molecule has 1 saturated heterocycles. The van der Waals surface area contributed by atoms with E-state index in [4.69, 9.17) is 5.73 Å². The summed E-state index contributed by atoms with van der Waals surface area (Å²) in [5, 5.41) is 0. The molecule has 2 N–H and O–H groups in total. The van der Waals surface area contributed by atoms with Gasteiger partial charge in [0.15, 0.2) is 6.17 Å². The first kappa shape index (κ1) is 14.7.